The number of aromatic amines is 1. The van der Waals surface area contributed by atoms with Crippen molar-refractivity contribution in [1.29, 1.82) is 0 Å². The van der Waals surface area contributed by atoms with Crippen LogP contribution in [0.2, 0.25) is 0 Å². The van der Waals surface area contributed by atoms with Crippen LogP contribution in [-0.4, -0.2) is 49.2 Å². The summed E-state index contributed by atoms with van der Waals surface area (Å²) in [5.74, 6) is 1.53. The van der Waals surface area contributed by atoms with Crippen molar-refractivity contribution in [2.75, 3.05) is 26.9 Å². The van der Waals surface area contributed by atoms with E-state index >= 15 is 0 Å². The third-order valence-corrected chi connectivity index (χ3v) is 5.68. The Bertz CT molecular complexity index is 889. The van der Waals surface area contributed by atoms with E-state index in [0.29, 0.717) is 37.7 Å². The van der Waals surface area contributed by atoms with E-state index in [1.54, 1.807) is 7.11 Å². The molecular weight excluding hydrogens is 396 g/mol. The Hall–Kier alpha value is -2.51. The van der Waals surface area contributed by atoms with Gasteiger partial charge < -0.3 is 29.6 Å². The van der Waals surface area contributed by atoms with E-state index in [1.165, 1.54) is 0 Å². The molecular formula is C24H34N2O5. The van der Waals surface area contributed by atoms with Crippen molar-refractivity contribution in [3.05, 3.63) is 41.8 Å². The molecule has 7 heteroatoms. The first-order valence-electron chi connectivity index (χ1n) is 11.0. The number of aliphatic hydroxyl groups excluding tert-OH is 1. The smallest absolute Gasteiger partial charge is 0.286 e. The lowest BCUT2D eigenvalue weighted by atomic mass is 9.90. The number of carbonyl (C=O) groups is 1. The molecule has 2 atom stereocenters. The van der Waals surface area contributed by atoms with Gasteiger partial charge in [0.25, 0.3) is 5.91 Å². The van der Waals surface area contributed by atoms with Crippen LogP contribution in [-0.2, 0) is 20.7 Å². The standard InChI is InChI=1S/C24H34N2O5/c1-16(2)18-12-22(31-23(13-18)30-11-5-4-10-27)24(28)25-9-8-17-15-26-21-7-6-19(29-3)14-20(17)21/h6-7,12,14-16,18,23,26-27H,4-5,8-11,13H2,1-3H3,(H,25,28)/t18-,23+/m0/s1. The fourth-order valence-corrected chi connectivity index (χ4v) is 3.73. The number of fused-ring (bicyclic) bond motifs is 1. The maximum Gasteiger partial charge on any atom is 0.286 e. The minimum atomic E-state index is -0.432. The Morgan fingerprint density at radius 3 is 2.94 bits per heavy atom. The molecule has 0 radical (unpaired) electrons. The Labute approximate surface area is 183 Å². The van der Waals surface area contributed by atoms with E-state index < -0.39 is 6.29 Å². The first-order chi connectivity index (χ1) is 15.0. The van der Waals surface area contributed by atoms with Crippen LogP contribution in [0.1, 0.15) is 38.7 Å². The number of nitrogens with one attached hydrogen (secondary N) is 2. The second kappa shape index (κ2) is 11.2. The Kier molecular flexibility index (Phi) is 8.37. The molecule has 170 valence electrons. The lowest BCUT2D eigenvalue weighted by Crippen LogP contribution is -2.35. The van der Waals surface area contributed by atoms with Gasteiger partial charge in [-0.3, -0.25) is 4.79 Å². The fourth-order valence-electron chi connectivity index (χ4n) is 3.73. The van der Waals surface area contributed by atoms with Crippen molar-refractivity contribution in [1.82, 2.24) is 10.3 Å². The van der Waals surface area contributed by atoms with Crippen LogP contribution in [0.3, 0.4) is 0 Å². The number of carbonyl (C=O) groups excluding carboxylic acids is 1. The van der Waals surface area contributed by atoms with Gasteiger partial charge in [-0.05, 0) is 60.9 Å². The van der Waals surface area contributed by atoms with Gasteiger partial charge in [-0.2, -0.15) is 0 Å². The number of aliphatic hydroxyl groups is 1. The second-order valence-electron chi connectivity index (χ2n) is 8.25. The zero-order valence-electron chi connectivity index (χ0n) is 18.6. The minimum Gasteiger partial charge on any atom is -0.497 e. The number of benzene rings is 1. The number of allylic oxidation sites excluding steroid dienone is 1. The van der Waals surface area contributed by atoms with Gasteiger partial charge in [0.1, 0.15) is 5.75 Å². The number of methoxy groups -OCH3 is 1. The molecule has 0 saturated heterocycles. The molecule has 0 fully saturated rings. The molecule has 1 aromatic carbocycles. The largest absolute Gasteiger partial charge is 0.497 e. The predicted octanol–water partition coefficient (Wildman–Crippen LogP) is 3.53. The minimum absolute atomic E-state index is 0.153. The third kappa shape index (κ3) is 6.24. The van der Waals surface area contributed by atoms with Gasteiger partial charge in [0, 0.05) is 36.7 Å². The Morgan fingerprint density at radius 2 is 2.19 bits per heavy atom. The number of amides is 1. The predicted molar refractivity (Wildman–Crippen MR) is 120 cm³/mol. The number of hydrogen-bond acceptors (Lipinski definition) is 5. The fraction of sp³-hybridized carbons (Fsp3) is 0.542. The summed E-state index contributed by atoms with van der Waals surface area (Å²) >= 11 is 0. The molecule has 1 amide bonds. The van der Waals surface area contributed by atoms with Crippen molar-refractivity contribution in [3.8, 4) is 5.75 Å². The number of hydrogen-bond donors (Lipinski definition) is 3. The number of unbranched alkanes of at least 4 members (excludes halogenated alkanes) is 1. The lowest BCUT2D eigenvalue weighted by molar-refractivity contribution is -0.150. The molecule has 0 unspecified atom stereocenters. The zero-order chi connectivity index (χ0) is 22.2. The number of aromatic nitrogens is 1. The quantitative estimate of drug-likeness (QED) is 0.474. The maximum atomic E-state index is 12.8. The number of ether oxygens (including phenoxy) is 3. The summed E-state index contributed by atoms with van der Waals surface area (Å²) in [7, 11) is 1.65. The van der Waals surface area contributed by atoms with Gasteiger partial charge in [0.15, 0.2) is 5.76 Å². The molecule has 0 saturated carbocycles. The van der Waals surface area contributed by atoms with Gasteiger partial charge in [0.05, 0.1) is 13.7 Å². The summed E-state index contributed by atoms with van der Waals surface area (Å²) in [6.45, 7) is 5.43. The molecule has 1 aliphatic rings. The highest BCUT2D eigenvalue weighted by atomic mass is 16.7. The summed E-state index contributed by atoms with van der Waals surface area (Å²) < 4.78 is 17.0. The molecule has 3 rings (SSSR count). The SMILES string of the molecule is COc1ccc2[nH]cc(CCNC(=O)C3=C[C@H](C(C)C)C[C@H](OCCCCO)O3)c2c1. The number of rotatable bonds is 11. The maximum absolute atomic E-state index is 12.8. The zero-order valence-corrected chi connectivity index (χ0v) is 18.6. The van der Waals surface area contributed by atoms with E-state index in [1.807, 2.05) is 30.5 Å². The molecule has 2 aromatic rings. The lowest BCUT2D eigenvalue weighted by Gasteiger charge is -2.30. The van der Waals surface area contributed by atoms with Crippen molar-refractivity contribution in [2.24, 2.45) is 11.8 Å². The van der Waals surface area contributed by atoms with E-state index in [4.69, 9.17) is 19.3 Å². The van der Waals surface area contributed by atoms with E-state index in [0.717, 1.165) is 35.1 Å². The first kappa shape index (κ1) is 23.2. The van der Waals surface area contributed by atoms with Crippen LogP contribution in [0.5, 0.6) is 5.75 Å². The van der Waals surface area contributed by atoms with E-state index in [-0.39, 0.29) is 18.4 Å². The highest BCUT2D eigenvalue weighted by Gasteiger charge is 2.29. The van der Waals surface area contributed by atoms with Gasteiger partial charge in [-0.25, -0.2) is 0 Å². The average molecular weight is 431 g/mol. The highest BCUT2D eigenvalue weighted by Crippen LogP contribution is 2.29. The van der Waals surface area contributed by atoms with Crippen LogP contribution in [0, 0.1) is 11.8 Å². The van der Waals surface area contributed by atoms with Crippen LogP contribution in [0.4, 0.5) is 0 Å². The molecule has 3 N–H and O–H groups in total. The van der Waals surface area contributed by atoms with E-state index in [9.17, 15) is 4.79 Å². The topological polar surface area (TPSA) is 92.8 Å². The molecule has 31 heavy (non-hydrogen) atoms. The molecule has 0 spiro atoms. The molecule has 1 aromatic heterocycles. The molecule has 0 bridgehead atoms. The van der Waals surface area contributed by atoms with Crippen LogP contribution in [0.25, 0.3) is 10.9 Å². The van der Waals surface area contributed by atoms with Crippen molar-refractivity contribution >= 4 is 16.8 Å². The summed E-state index contributed by atoms with van der Waals surface area (Å²) in [6, 6.07) is 5.91. The van der Waals surface area contributed by atoms with E-state index in [2.05, 4.69) is 24.1 Å². The summed E-state index contributed by atoms with van der Waals surface area (Å²) in [5, 5.41) is 13.0. The summed E-state index contributed by atoms with van der Waals surface area (Å²) in [5.41, 5.74) is 2.17. The number of H-pyrrole nitrogens is 1. The first-order valence-corrected chi connectivity index (χ1v) is 11.0. The third-order valence-electron chi connectivity index (χ3n) is 5.68. The Morgan fingerprint density at radius 1 is 1.35 bits per heavy atom. The molecule has 0 aliphatic carbocycles. The van der Waals surface area contributed by atoms with Gasteiger partial charge in [-0.15, -0.1) is 0 Å². The van der Waals surface area contributed by atoms with Crippen molar-refractivity contribution in [2.45, 2.75) is 45.8 Å². The molecule has 2 heterocycles. The summed E-state index contributed by atoms with van der Waals surface area (Å²) in [6.07, 6.45) is 6.35. The van der Waals surface area contributed by atoms with Gasteiger partial charge in [-0.1, -0.05) is 13.8 Å². The van der Waals surface area contributed by atoms with Crippen molar-refractivity contribution in [3.63, 3.8) is 0 Å². The Balaban J connectivity index is 1.57. The van der Waals surface area contributed by atoms with Crippen LogP contribution >= 0.6 is 0 Å². The van der Waals surface area contributed by atoms with Crippen LogP contribution in [0.15, 0.2) is 36.2 Å². The van der Waals surface area contributed by atoms with Crippen LogP contribution < -0.4 is 10.1 Å². The van der Waals surface area contributed by atoms with Gasteiger partial charge in [0.2, 0.25) is 6.29 Å². The average Bonchev–Trinajstić information content (AvgIpc) is 3.18. The summed E-state index contributed by atoms with van der Waals surface area (Å²) in [4.78, 5) is 16.0. The molecule has 1 aliphatic heterocycles. The van der Waals surface area contributed by atoms with Crippen molar-refractivity contribution < 1.29 is 24.1 Å². The van der Waals surface area contributed by atoms with Gasteiger partial charge >= 0.3 is 0 Å². The normalized spacial score (nSPS) is 18.7. The molecule has 7 nitrogen and oxygen atoms in total. The monoisotopic (exact) mass is 430 g/mol. The highest BCUT2D eigenvalue weighted by molar-refractivity contribution is 5.91. The second-order valence-corrected chi connectivity index (χ2v) is 8.25.